The standard InChI is InChI=1S/C7H8.C2H6.HI/c1-7-5-3-2-4-6-7;1-2;/h2-6H,1H3;1-2H3;1H. The molecule has 0 aliphatic carbocycles. The van der Waals surface area contributed by atoms with Crippen LogP contribution in [0.4, 0.5) is 0 Å². The largest absolute Gasteiger partial charge is 0.107 e. The predicted molar refractivity (Wildman–Crippen MR) is 57.9 cm³/mol. The molecule has 1 heteroatoms. The lowest BCUT2D eigenvalue weighted by Gasteiger charge is -1.82. The molecule has 0 saturated carbocycles. The maximum Gasteiger partial charge on any atom is -0.0398 e. The monoisotopic (exact) mass is 250 g/mol. The maximum atomic E-state index is 2.08. The van der Waals surface area contributed by atoms with Crippen molar-refractivity contribution in [3.8, 4) is 0 Å². The Kier molecular flexibility index (Phi) is 11.3. The first-order chi connectivity index (χ1) is 4.39. The van der Waals surface area contributed by atoms with Gasteiger partial charge >= 0.3 is 0 Å². The fourth-order valence-electron chi connectivity index (χ4n) is 0.534. The quantitative estimate of drug-likeness (QED) is 0.616. The smallest absolute Gasteiger partial charge is 0.0398 e. The van der Waals surface area contributed by atoms with E-state index in [9.17, 15) is 0 Å². The third kappa shape index (κ3) is 6.08. The van der Waals surface area contributed by atoms with Crippen molar-refractivity contribution >= 4 is 24.0 Å². The molecule has 0 spiro atoms. The molecule has 0 heterocycles. The fourth-order valence-corrected chi connectivity index (χ4v) is 0.534. The van der Waals surface area contributed by atoms with Crippen molar-refractivity contribution < 1.29 is 0 Å². The summed E-state index contributed by atoms with van der Waals surface area (Å²) in [5.74, 6) is 0. The molecule has 0 N–H and O–H groups in total. The Morgan fingerprint density at radius 1 is 0.900 bits per heavy atom. The van der Waals surface area contributed by atoms with Crippen molar-refractivity contribution in [2.75, 3.05) is 0 Å². The Balaban J connectivity index is 0. The first-order valence-electron chi connectivity index (χ1n) is 3.41. The van der Waals surface area contributed by atoms with Gasteiger partial charge in [0.2, 0.25) is 0 Å². The Bertz CT molecular complexity index is 135. The molecule has 0 aromatic heterocycles. The summed E-state index contributed by atoms with van der Waals surface area (Å²) in [7, 11) is 0. The van der Waals surface area contributed by atoms with E-state index in [1.54, 1.807) is 0 Å². The highest BCUT2D eigenvalue weighted by Gasteiger charge is 1.72. The molecule has 0 aliphatic rings. The van der Waals surface area contributed by atoms with Crippen LogP contribution in [0.1, 0.15) is 19.4 Å². The van der Waals surface area contributed by atoms with Gasteiger partial charge in [-0.3, -0.25) is 0 Å². The summed E-state index contributed by atoms with van der Waals surface area (Å²) in [4.78, 5) is 0. The lowest BCUT2D eigenvalue weighted by atomic mass is 10.2. The van der Waals surface area contributed by atoms with Crippen molar-refractivity contribution in [2.45, 2.75) is 20.8 Å². The lowest BCUT2D eigenvalue weighted by molar-refractivity contribution is 1.48. The SMILES string of the molecule is CC.Cc1ccccc1.I. The number of aryl methyl sites for hydroxylation is 1. The molecule has 0 fully saturated rings. The van der Waals surface area contributed by atoms with Crippen LogP contribution in [0.25, 0.3) is 0 Å². The van der Waals surface area contributed by atoms with Crippen LogP contribution in [-0.4, -0.2) is 0 Å². The summed E-state index contributed by atoms with van der Waals surface area (Å²) in [6.07, 6.45) is 0. The van der Waals surface area contributed by atoms with E-state index in [-0.39, 0.29) is 24.0 Å². The Morgan fingerprint density at radius 3 is 1.50 bits per heavy atom. The van der Waals surface area contributed by atoms with E-state index < -0.39 is 0 Å². The summed E-state index contributed by atoms with van der Waals surface area (Å²) in [5.41, 5.74) is 1.32. The van der Waals surface area contributed by atoms with Gasteiger partial charge in [-0.05, 0) is 6.92 Å². The van der Waals surface area contributed by atoms with Crippen LogP contribution in [-0.2, 0) is 0 Å². The predicted octanol–water partition coefficient (Wildman–Crippen LogP) is 3.64. The molecule has 1 aromatic rings. The molecule has 10 heavy (non-hydrogen) atoms. The minimum atomic E-state index is 0. The van der Waals surface area contributed by atoms with Crippen molar-refractivity contribution in [2.24, 2.45) is 0 Å². The molecule has 0 aliphatic heterocycles. The van der Waals surface area contributed by atoms with Crippen LogP contribution >= 0.6 is 24.0 Å². The Hall–Kier alpha value is -0.0500. The second-order valence-corrected chi connectivity index (χ2v) is 1.65. The minimum Gasteiger partial charge on any atom is -0.107 e. The van der Waals surface area contributed by atoms with Crippen molar-refractivity contribution in [1.29, 1.82) is 0 Å². The van der Waals surface area contributed by atoms with E-state index >= 15 is 0 Å². The second-order valence-electron chi connectivity index (χ2n) is 1.65. The molecular weight excluding hydrogens is 235 g/mol. The van der Waals surface area contributed by atoms with Gasteiger partial charge < -0.3 is 0 Å². The zero-order valence-electron chi connectivity index (χ0n) is 6.79. The molecule has 0 radical (unpaired) electrons. The van der Waals surface area contributed by atoms with Crippen molar-refractivity contribution in [3.05, 3.63) is 35.9 Å². The van der Waals surface area contributed by atoms with Gasteiger partial charge in [-0.25, -0.2) is 0 Å². The minimum absolute atomic E-state index is 0. The van der Waals surface area contributed by atoms with Gasteiger partial charge in [-0.15, -0.1) is 24.0 Å². The highest BCUT2D eigenvalue weighted by molar-refractivity contribution is 14.0. The zero-order chi connectivity index (χ0) is 7.11. The average Bonchev–Trinajstić information content (AvgIpc) is 1.94. The maximum absolute atomic E-state index is 2.08. The molecular formula is C9H15I. The van der Waals surface area contributed by atoms with E-state index in [1.165, 1.54) is 5.56 Å². The van der Waals surface area contributed by atoms with E-state index in [0.29, 0.717) is 0 Å². The molecule has 1 rings (SSSR count). The van der Waals surface area contributed by atoms with Crippen LogP contribution < -0.4 is 0 Å². The van der Waals surface area contributed by atoms with Crippen LogP contribution in [0.15, 0.2) is 30.3 Å². The number of hydrogen-bond acceptors (Lipinski definition) is 0. The average molecular weight is 250 g/mol. The third-order valence-corrected chi connectivity index (χ3v) is 0.940. The van der Waals surface area contributed by atoms with E-state index in [2.05, 4.69) is 19.1 Å². The molecule has 58 valence electrons. The third-order valence-electron chi connectivity index (χ3n) is 0.940. The van der Waals surface area contributed by atoms with Gasteiger partial charge in [0.15, 0.2) is 0 Å². The van der Waals surface area contributed by atoms with Crippen LogP contribution in [0.5, 0.6) is 0 Å². The van der Waals surface area contributed by atoms with Crippen LogP contribution in [0.3, 0.4) is 0 Å². The van der Waals surface area contributed by atoms with Crippen molar-refractivity contribution in [1.82, 2.24) is 0 Å². The highest BCUT2D eigenvalue weighted by Crippen LogP contribution is 1.92. The normalized spacial score (nSPS) is 6.70. The summed E-state index contributed by atoms with van der Waals surface area (Å²) in [5, 5.41) is 0. The lowest BCUT2D eigenvalue weighted by Crippen LogP contribution is -1.62. The van der Waals surface area contributed by atoms with Gasteiger partial charge in [-0.2, -0.15) is 0 Å². The Labute approximate surface area is 80.7 Å². The number of benzene rings is 1. The van der Waals surface area contributed by atoms with E-state index in [0.717, 1.165) is 0 Å². The van der Waals surface area contributed by atoms with Crippen LogP contribution in [0.2, 0.25) is 0 Å². The topological polar surface area (TPSA) is 0 Å². The molecule has 0 unspecified atom stereocenters. The first-order valence-corrected chi connectivity index (χ1v) is 3.41. The zero-order valence-corrected chi connectivity index (χ0v) is 9.13. The summed E-state index contributed by atoms with van der Waals surface area (Å²) >= 11 is 0. The second kappa shape index (κ2) is 8.95. The van der Waals surface area contributed by atoms with Crippen molar-refractivity contribution in [3.63, 3.8) is 0 Å². The fraction of sp³-hybridized carbons (Fsp3) is 0.333. The highest BCUT2D eigenvalue weighted by atomic mass is 127. The molecule has 0 amide bonds. The number of hydrogen-bond donors (Lipinski definition) is 0. The molecule has 0 bridgehead atoms. The molecule has 0 saturated heterocycles. The summed E-state index contributed by atoms with van der Waals surface area (Å²) < 4.78 is 0. The van der Waals surface area contributed by atoms with Crippen LogP contribution in [0, 0.1) is 6.92 Å². The van der Waals surface area contributed by atoms with Gasteiger partial charge in [-0.1, -0.05) is 49.7 Å². The molecule has 0 atom stereocenters. The van der Waals surface area contributed by atoms with E-state index in [1.807, 2.05) is 32.0 Å². The first kappa shape index (κ1) is 12.6. The van der Waals surface area contributed by atoms with Gasteiger partial charge in [0.1, 0.15) is 0 Å². The summed E-state index contributed by atoms with van der Waals surface area (Å²) in [6.45, 7) is 6.08. The van der Waals surface area contributed by atoms with Gasteiger partial charge in [0, 0.05) is 0 Å². The molecule has 1 aromatic carbocycles. The van der Waals surface area contributed by atoms with Gasteiger partial charge in [0.25, 0.3) is 0 Å². The van der Waals surface area contributed by atoms with E-state index in [4.69, 9.17) is 0 Å². The molecule has 0 nitrogen and oxygen atoms in total. The number of rotatable bonds is 0. The summed E-state index contributed by atoms with van der Waals surface area (Å²) in [6, 6.07) is 10.3. The van der Waals surface area contributed by atoms with Gasteiger partial charge in [0.05, 0.1) is 0 Å². The number of halogens is 1. The Morgan fingerprint density at radius 2 is 1.30 bits per heavy atom.